The van der Waals surface area contributed by atoms with Crippen LogP contribution in [0.15, 0.2) is 78.9 Å². The average molecular weight is 519 g/mol. The molecule has 194 valence electrons. The maximum atomic E-state index is 13.9. The summed E-state index contributed by atoms with van der Waals surface area (Å²) in [5, 5.41) is 9.81. The third kappa shape index (κ3) is 4.07. The fraction of sp³-hybridized carbons (Fsp3) is 0.156. The zero-order valence-corrected chi connectivity index (χ0v) is 21.9. The minimum absolute atomic E-state index is 0.266. The monoisotopic (exact) mass is 518 g/mol. The highest BCUT2D eigenvalue weighted by atomic mass is 19.1. The van der Waals surface area contributed by atoms with Gasteiger partial charge in [-0.15, -0.1) is 0 Å². The molecule has 0 amide bonds. The molecule has 2 aromatic heterocycles. The molecule has 6 nitrogen and oxygen atoms in total. The summed E-state index contributed by atoms with van der Waals surface area (Å²) in [5.74, 6) is 0.401. The first-order valence-electron chi connectivity index (χ1n) is 12.9. The molecule has 39 heavy (non-hydrogen) atoms. The molecule has 0 radical (unpaired) electrons. The zero-order valence-electron chi connectivity index (χ0n) is 21.9. The van der Waals surface area contributed by atoms with E-state index in [1.165, 1.54) is 12.1 Å². The first kappa shape index (κ1) is 24.6. The third-order valence-corrected chi connectivity index (χ3v) is 7.29. The molecule has 2 heterocycles. The van der Waals surface area contributed by atoms with Crippen molar-refractivity contribution in [2.24, 2.45) is 7.05 Å². The van der Waals surface area contributed by atoms with E-state index in [1.54, 1.807) is 18.2 Å². The van der Waals surface area contributed by atoms with E-state index in [1.807, 2.05) is 61.0 Å². The van der Waals surface area contributed by atoms with E-state index in [0.717, 1.165) is 63.4 Å². The number of carbonyl (C=O) groups is 1. The van der Waals surface area contributed by atoms with E-state index in [0.29, 0.717) is 11.1 Å². The Morgan fingerprint density at radius 2 is 1.69 bits per heavy atom. The summed E-state index contributed by atoms with van der Waals surface area (Å²) >= 11 is 0. The number of halogens is 1. The normalized spacial score (nSPS) is 11.5. The predicted molar refractivity (Wildman–Crippen MR) is 152 cm³/mol. The van der Waals surface area contributed by atoms with Gasteiger partial charge in [-0.3, -0.25) is 4.57 Å². The third-order valence-electron chi connectivity index (χ3n) is 7.29. The number of imidazole rings is 2. The van der Waals surface area contributed by atoms with Gasteiger partial charge >= 0.3 is 5.97 Å². The van der Waals surface area contributed by atoms with Crippen LogP contribution < -0.4 is 0 Å². The minimum atomic E-state index is -0.956. The Morgan fingerprint density at radius 1 is 0.897 bits per heavy atom. The topological polar surface area (TPSA) is 72.9 Å². The number of carboxylic acids is 1. The van der Waals surface area contributed by atoms with E-state index in [2.05, 4.69) is 17.6 Å². The smallest absolute Gasteiger partial charge is 0.336 e. The van der Waals surface area contributed by atoms with Crippen molar-refractivity contribution in [3.8, 4) is 28.2 Å². The average Bonchev–Trinajstić information content (AvgIpc) is 3.45. The molecule has 0 saturated heterocycles. The summed E-state index contributed by atoms with van der Waals surface area (Å²) in [6.45, 7) is 4.15. The van der Waals surface area contributed by atoms with Crippen molar-refractivity contribution < 1.29 is 14.3 Å². The van der Waals surface area contributed by atoms with Crippen molar-refractivity contribution in [2.75, 3.05) is 0 Å². The van der Waals surface area contributed by atoms with Crippen molar-refractivity contribution in [1.82, 2.24) is 19.1 Å². The second-order valence-corrected chi connectivity index (χ2v) is 9.74. The van der Waals surface area contributed by atoms with Crippen LogP contribution >= 0.6 is 0 Å². The molecular weight excluding hydrogens is 491 g/mol. The Bertz CT molecular complexity index is 1900. The molecule has 0 spiro atoms. The molecule has 6 rings (SSSR count). The lowest BCUT2D eigenvalue weighted by Crippen LogP contribution is -2.05. The first-order valence-corrected chi connectivity index (χ1v) is 12.9. The number of fused-ring (bicyclic) bond motifs is 2. The number of benzene rings is 4. The quantitative estimate of drug-likeness (QED) is 0.250. The number of nitrogens with zero attached hydrogens (tertiary/aromatic N) is 4. The molecule has 0 unspecified atom stereocenters. The first-order chi connectivity index (χ1) is 18.9. The van der Waals surface area contributed by atoms with Crippen LogP contribution in [-0.4, -0.2) is 30.2 Å². The lowest BCUT2D eigenvalue weighted by atomic mass is 9.95. The van der Waals surface area contributed by atoms with Crippen LogP contribution in [0.1, 0.15) is 35.1 Å². The van der Waals surface area contributed by atoms with Crippen molar-refractivity contribution in [3.63, 3.8) is 0 Å². The number of carboxylic acid groups (broad SMARTS) is 1. The molecule has 1 N–H and O–H groups in total. The Hall–Kier alpha value is -4.78. The van der Waals surface area contributed by atoms with Gasteiger partial charge in [0.2, 0.25) is 0 Å². The van der Waals surface area contributed by atoms with Gasteiger partial charge in [-0.25, -0.2) is 19.2 Å². The lowest BCUT2D eigenvalue weighted by molar-refractivity contribution is 0.0697. The Kier molecular flexibility index (Phi) is 5.99. The Morgan fingerprint density at radius 3 is 2.49 bits per heavy atom. The molecule has 0 aliphatic heterocycles. The summed E-state index contributed by atoms with van der Waals surface area (Å²) in [4.78, 5) is 21.7. The van der Waals surface area contributed by atoms with Crippen LogP contribution in [0.2, 0.25) is 0 Å². The maximum absolute atomic E-state index is 13.9. The maximum Gasteiger partial charge on any atom is 0.336 e. The number of aromatic nitrogens is 4. The van der Waals surface area contributed by atoms with Crippen molar-refractivity contribution in [2.45, 2.75) is 26.7 Å². The summed E-state index contributed by atoms with van der Waals surface area (Å²) < 4.78 is 18.0. The number of hydrogen-bond acceptors (Lipinski definition) is 3. The molecule has 7 heteroatoms. The highest BCUT2D eigenvalue weighted by Crippen LogP contribution is 2.34. The van der Waals surface area contributed by atoms with E-state index in [4.69, 9.17) is 9.97 Å². The summed E-state index contributed by atoms with van der Waals surface area (Å²) in [6.07, 6.45) is 1.71. The molecule has 4 aromatic carbocycles. The van der Waals surface area contributed by atoms with Crippen LogP contribution in [0.3, 0.4) is 0 Å². The van der Waals surface area contributed by atoms with Gasteiger partial charge in [0.15, 0.2) is 0 Å². The van der Waals surface area contributed by atoms with Crippen molar-refractivity contribution in [1.29, 1.82) is 0 Å². The highest BCUT2D eigenvalue weighted by Gasteiger charge is 2.20. The fourth-order valence-electron chi connectivity index (χ4n) is 5.42. The van der Waals surface area contributed by atoms with Gasteiger partial charge in [0.05, 0.1) is 33.3 Å². The van der Waals surface area contributed by atoms with E-state index in [9.17, 15) is 14.3 Å². The number of rotatable bonds is 6. The van der Waals surface area contributed by atoms with Crippen LogP contribution in [-0.2, 0) is 13.5 Å². The van der Waals surface area contributed by atoms with Crippen LogP contribution in [0.25, 0.3) is 50.3 Å². The van der Waals surface area contributed by atoms with Crippen molar-refractivity contribution >= 4 is 28.0 Å². The standard InChI is InChI=1S/C32H27FN4O2/c1-4-8-30-34-25-15-13-20(31-35-26-18-21(33)14-16-28(26)36(31)3)17-29(25)37(30)27-12-7-11-22(19(27)2)23-9-5-6-10-24(23)32(38)39/h5-7,9-18H,4,8H2,1-3H3,(H,38,39). The van der Waals surface area contributed by atoms with E-state index >= 15 is 0 Å². The van der Waals surface area contributed by atoms with E-state index in [-0.39, 0.29) is 11.4 Å². The predicted octanol–water partition coefficient (Wildman–Crippen LogP) is 7.34. The van der Waals surface area contributed by atoms with Gasteiger partial charge in [-0.1, -0.05) is 37.3 Å². The molecule has 0 saturated carbocycles. The molecule has 0 bridgehead atoms. The largest absolute Gasteiger partial charge is 0.478 e. The van der Waals surface area contributed by atoms with E-state index < -0.39 is 5.97 Å². The second kappa shape index (κ2) is 9.51. The lowest BCUT2D eigenvalue weighted by Gasteiger charge is -2.17. The SMILES string of the molecule is CCCc1nc2ccc(-c3nc4cc(F)ccc4n3C)cc2n1-c1cccc(-c2ccccc2C(=O)O)c1C. The summed E-state index contributed by atoms with van der Waals surface area (Å²) in [6, 6.07) is 23.8. The molecular formula is C32H27FN4O2. The number of aromatic carboxylic acids is 1. The van der Waals surface area contributed by atoms with Crippen molar-refractivity contribution in [3.05, 3.63) is 102 Å². The Balaban J connectivity index is 1.58. The zero-order chi connectivity index (χ0) is 27.3. The minimum Gasteiger partial charge on any atom is -0.478 e. The summed E-state index contributed by atoms with van der Waals surface area (Å²) in [5.41, 5.74) is 7.87. The molecule has 0 aliphatic rings. The number of aryl methyl sites for hydroxylation is 2. The van der Waals surface area contributed by atoms with Gasteiger partial charge in [-0.05, 0) is 72.5 Å². The Labute approximate surface area is 225 Å². The van der Waals surface area contributed by atoms with Crippen LogP contribution in [0.4, 0.5) is 4.39 Å². The molecule has 0 fully saturated rings. The summed E-state index contributed by atoms with van der Waals surface area (Å²) in [7, 11) is 1.93. The molecule has 0 aliphatic carbocycles. The van der Waals surface area contributed by atoms with Gasteiger partial charge in [0, 0.05) is 25.1 Å². The fourth-order valence-corrected chi connectivity index (χ4v) is 5.42. The van der Waals surface area contributed by atoms with Crippen LogP contribution in [0.5, 0.6) is 0 Å². The second-order valence-electron chi connectivity index (χ2n) is 9.74. The molecule has 0 atom stereocenters. The molecule has 6 aromatic rings. The van der Waals surface area contributed by atoms with Crippen LogP contribution in [0, 0.1) is 12.7 Å². The van der Waals surface area contributed by atoms with Gasteiger partial charge < -0.3 is 9.67 Å². The van der Waals surface area contributed by atoms with Gasteiger partial charge in [0.1, 0.15) is 17.5 Å². The highest BCUT2D eigenvalue weighted by molar-refractivity contribution is 5.97. The van der Waals surface area contributed by atoms with Gasteiger partial charge in [-0.2, -0.15) is 0 Å². The van der Waals surface area contributed by atoms with Gasteiger partial charge in [0.25, 0.3) is 0 Å². The number of hydrogen-bond donors (Lipinski definition) is 1.